The van der Waals surface area contributed by atoms with E-state index < -0.39 is 0 Å². The largest absolute Gasteiger partial charge is 0.432 e. The number of oxazole rings is 2. The van der Waals surface area contributed by atoms with Crippen molar-refractivity contribution in [3.8, 4) is 0 Å². The Kier molecular flexibility index (Phi) is 18.0. The SMILES string of the molecule is Cc1cccc2c1N1C(C)c3c(nc4occn34)C1(C)C(C)(C)C2(C)C.Cc1cccc2c1N1C(C)c3c(nc4occn34)C1(C)C(C)(C)C2(C)C.Cc1ccccc1N1C(C)c2c(nc3sccn23)C12C1CC3CC(C1)CC2C3.Cc1ccccc1N1C(C)c2c(nc3sccn23)C12CCCC2.Cc1ccccc1N1C(C)c2c(nc3sccn23)C12CCCCC2. The van der Waals surface area contributed by atoms with E-state index in [1.54, 1.807) is 46.5 Å². The second-order valence-electron chi connectivity index (χ2n) is 42.6. The van der Waals surface area contributed by atoms with Crippen LogP contribution < -0.4 is 24.5 Å². The molecule has 6 aliphatic carbocycles. The number of anilines is 5. The van der Waals surface area contributed by atoms with E-state index in [0.717, 1.165) is 45.0 Å². The van der Waals surface area contributed by atoms with E-state index in [1.165, 1.54) is 208 Å². The highest BCUT2D eigenvalue weighted by molar-refractivity contribution is 7.15. The minimum Gasteiger partial charge on any atom is -0.432 e. The lowest BCUT2D eigenvalue weighted by atomic mass is 9.47. The summed E-state index contributed by atoms with van der Waals surface area (Å²) in [5.41, 5.74) is 29.7. The van der Waals surface area contributed by atoms with Crippen LogP contribution in [-0.4, -0.2) is 46.9 Å². The molecule has 6 fully saturated rings. The van der Waals surface area contributed by atoms with Gasteiger partial charge in [0.05, 0.1) is 115 Å². The maximum Gasteiger partial charge on any atom is 0.306 e. The van der Waals surface area contributed by atoms with Crippen molar-refractivity contribution in [2.75, 3.05) is 24.5 Å². The molecule has 7 aliphatic heterocycles. The van der Waals surface area contributed by atoms with Gasteiger partial charge in [0, 0.05) is 86.4 Å². The molecule has 3 spiro atoms. The third-order valence-electron chi connectivity index (χ3n) is 36.4. The van der Waals surface area contributed by atoms with Crippen molar-refractivity contribution < 1.29 is 8.83 Å². The summed E-state index contributed by atoms with van der Waals surface area (Å²) in [7, 11) is 0. The van der Waals surface area contributed by atoms with Gasteiger partial charge in [0.15, 0.2) is 14.9 Å². The van der Waals surface area contributed by atoms with E-state index in [0.29, 0.717) is 29.8 Å². The average Bonchev–Trinajstić information content (AvgIpc) is 1.57. The number of benzene rings is 5. The second kappa shape index (κ2) is 28.1. The van der Waals surface area contributed by atoms with Gasteiger partial charge in [-0.15, -0.1) is 34.0 Å². The summed E-state index contributed by atoms with van der Waals surface area (Å²) in [5.74, 6) is 4.86. The van der Waals surface area contributed by atoms with Gasteiger partial charge in [-0.3, -0.25) is 22.0 Å². The van der Waals surface area contributed by atoms with Crippen LogP contribution >= 0.6 is 34.0 Å². The van der Waals surface area contributed by atoms with E-state index in [2.05, 4.69) is 329 Å². The molecule has 17 heterocycles. The van der Waals surface area contributed by atoms with Crippen LogP contribution in [0, 0.1) is 69.1 Å². The molecule has 5 aromatic carbocycles. The highest BCUT2D eigenvalue weighted by Gasteiger charge is 2.70. The Morgan fingerprint density at radius 1 is 0.331 bits per heavy atom. The van der Waals surface area contributed by atoms with Crippen LogP contribution in [0.15, 0.2) is 178 Å². The first kappa shape index (κ1) is 81.6. The molecule has 10 aromatic heterocycles. The van der Waals surface area contributed by atoms with Crippen molar-refractivity contribution >= 4 is 89.0 Å². The molecule has 15 aromatic rings. The average molecular weight is 1750 g/mol. The molecule has 7 unspecified atom stereocenters. The van der Waals surface area contributed by atoms with E-state index in [4.69, 9.17) is 33.8 Å². The summed E-state index contributed by atoms with van der Waals surface area (Å²) >= 11 is 5.30. The Morgan fingerprint density at radius 3 is 1.06 bits per heavy atom. The first-order chi connectivity index (χ1) is 60.9. The van der Waals surface area contributed by atoms with Gasteiger partial charge >= 0.3 is 11.7 Å². The summed E-state index contributed by atoms with van der Waals surface area (Å²) in [4.78, 5) is 42.5. The molecule has 0 amide bonds. The number of hydrogen-bond acceptors (Lipinski definition) is 15. The first-order valence-electron chi connectivity index (χ1n) is 47.5. The molecule has 4 bridgehead atoms. The highest BCUT2D eigenvalue weighted by Crippen LogP contribution is 2.72. The monoisotopic (exact) mass is 1750 g/mol. The van der Waals surface area contributed by atoms with Crippen LogP contribution in [0.5, 0.6) is 0 Å². The summed E-state index contributed by atoms with van der Waals surface area (Å²) < 4.78 is 22.6. The zero-order valence-corrected chi connectivity index (χ0v) is 80.5. The van der Waals surface area contributed by atoms with Crippen LogP contribution in [0.2, 0.25) is 0 Å². The predicted molar refractivity (Wildman–Crippen MR) is 516 cm³/mol. The van der Waals surface area contributed by atoms with Crippen LogP contribution in [0.25, 0.3) is 26.6 Å². The zero-order valence-electron chi connectivity index (χ0n) is 78.0. The van der Waals surface area contributed by atoms with E-state index in [-0.39, 0.29) is 61.4 Å². The van der Waals surface area contributed by atoms with Gasteiger partial charge < -0.3 is 33.3 Å². The normalized spacial score (nSPS) is 28.2. The molecule has 20 heteroatoms. The fraction of sp³-hybridized carbons (Fsp3) is 0.486. The van der Waals surface area contributed by atoms with Crippen molar-refractivity contribution in [1.82, 2.24) is 46.9 Å². The minimum atomic E-state index is -0.209. The van der Waals surface area contributed by atoms with Crippen LogP contribution in [0.4, 0.5) is 28.4 Å². The molecule has 0 radical (unpaired) electrons. The van der Waals surface area contributed by atoms with Crippen molar-refractivity contribution in [3.05, 3.63) is 265 Å². The third kappa shape index (κ3) is 10.5. The molecule has 6 saturated carbocycles. The predicted octanol–water partition coefficient (Wildman–Crippen LogP) is 27.1. The topological polar surface area (TPSA) is 129 Å². The maximum atomic E-state index is 5.63. The summed E-state index contributed by atoms with van der Waals surface area (Å²) in [6.45, 7) is 46.8. The van der Waals surface area contributed by atoms with Gasteiger partial charge in [-0.05, 0) is 233 Å². The number of aryl methyl sites for hydroxylation is 5. The quantitative estimate of drug-likeness (QED) is 0.167. The summed E-state index contributed by atoms with van der Waals surface area (Å²) in [5, 5.41) is 6.49. The molecule has 658 valence electrons. The Balaban J connectivity index is 0.0000000912. The van der Waals surface area contributed by atoms with E-state index in [9.17, 15) is 0 Å². The Labute approximate surface area is 760 Å². The number of thiazole rings is 3. The molecule has 0 saturated heterocycles. The Hall–Kier alpha value is -9.89. The first-order valence-corrected chi connectivity index (χ1v) is 50.2. The van der Waals surface area contributed by atoms with Gasteiger partial charge in [0.2, 0.25) is 0 Å². The Morgan fingerprint density at radius 2 is 0.661 bits per heavy atom. The number of nitrogens with zero attached hydrogens (tertiary/aromatic N) is 15. The molecule has 17 nitrogen and oxygen atoms in total. The molecular formula is C107H125N15O2S3. The fourth-order valence-electron chi connectivity index (χ4n) is 29.1. The van der Waals surface area contributed by atoms with Gasteiger partial charge in [0.1, 0.15) is 12.5 Å². The molecule has 13 aliphatic rings. The standard InChI is InChI=1S/C24H27N3S.2C22H27N3O.C20H23N3S.C19H21N3S/c1-14-5-3-4-6-20(14)27-15(2)21-22(25-23-26(21)7-8-28-23)24(27)18-10-16-9-17(12-18)13-19(24)11-16;2*1-13-9-8-10-15-16(13)25-14(2)17-18(23-19-24(17)11-12-26-19)22(25,7)21(5,6)20(15,3)4;1-14-8-4-5-9-16(14)23-15(2)17-18(20(23)10-6-3-7-11-20)21-19-22(17)12-13-24-19;1-13-7-3-4-8-15(13)22-14(2)16-17(19(22)9-5-6-10-19)20-18-21(16)11-12-23-18/h3-8,15-19H,9-13H2,1-2H3;2*8-12,14H,1-7H3;4-5,8-9,12-13,15H,3,6-7,10-11H2,1-2H3;3-4,7-8,11-12,14H,5-6,9-10H2,1-2H3. The maximum absolute atomic E-state index is 5.63. The lowest BCUT2D eigenvalue weighted by molar-refractivity contribution is -0.0617. The van der Waals surface area contributed by atoms with Gasteiger partial charge in [-0.2, -0.15) is 9.97 Å². The molecule has 7 atom stereocenters. The fourth-order valence-corrected chi connectivity index (χ4v) is 31.3. The lowest BCUT2D eigenvalue weighted by Gasteiger charge is -2.63. The second-order valence-corrected chi connectivity index (χ2v) is 45.3. The van der Waals surface area contributed by atoms with Crippen LogP contribution in [0.3, 0.4) is 0 Å². The number of imidazole rings is 5. The lowest BCUT2D eigenvalue weighted by Crippen LogP contribution is -2.62. The minimum absolute atomic E-state index is 0.00564. The van der Waals surface area contributed by atoms with Gasteiger partial charge in [-0.25, -0.2) is 15.0 Å². The van der Waals surface area contributed by atoms with Crippen molar-refractivity contribution in [2.24, 2.45) is 34.5 Å². The van der Waals surface area contributed by atoms with Crippen molar-refractivity contribution in [1.29, 1.82) is 0 Å². The number of para-hydroxylation sites is 5. The number of hydrogen-bond donors (Lipinski definition) is 0. The number of fused-ring (bicyclic) bond motifs is 25. The molecule has 0 N–H and O–H groups in total. The molecule has 127 heavy (non-hydrogen) atoms. The highest BCUT2D eigenvalue weighted by atomic mass is 32.1. The zero-order chi connectivity index (χ0) is 87.8. The molecular weight excluding hydrogens is 1620 g/mol. The number of rotatable bonds is 3. The van der Waals surface area contributed by atoms with E-state index in [1.807, 2.05) is 12.4 Å². The van der Waals surface area contributed by atoms with Crippen molar-refractivity contribution in [3.63, 3.8) is 0 Å². The van der Waals surface area contributed by atoms with Crippen LogP contribution in [0.1, 0.15) is 320 Å². The Bertz CT molecular complexity index is 6680. The smallest absolute Gasteiger partial charge is 0.306 e. The molecule has 28 rings (SSSR count). The number of aromatic nitrogens is 10. The van der Waals surface area contributed by atoms with Crippen LogP contribution in [-0.2, 0) is 38.5 Å². The van der Waals surface area contributed by atoms with E-state index >= 15 is 0 Å². The van der Waals surface area contributed by atoms with Gasteiger partial charge in [0.25, 0.3) is 0 Å². The third-order valence-corrected chi connectivity index (χ3v) is 38.6. The van der Waals surface area contributed by atoms with Crippen molar-refractivity contribution in [2.45, 2.75) is 297 Å². The summed E-state index contributed by atoms with van der Waals surface area (Å²) in [6.07, 6.45) is 32.7. The van der Waals surface area contributed by atoms with Gasteiger partial charge in [-0.1, -0.05) is 178 Å². The summed E-state index contributed by atoms with van der Waals surface area (Å²) in [6, 6.07) is 41.8.